The Kier molecular flexibility index (Phi) is 4.97. The molecule has 2 aromatic rings. The summed E-state index contributed by atoms with van der Waals surface area (Å²) in [5, 5.41) is 3.79. The zero-order chi connectivity index (χ0) is 16.4. The predicted octanol–water partition coefficient (Wildman–Crippen LogP) is 3.81. The van der Waals surface area contributed by atoms with Crippen molar-refractivity contribution in [2.75, 3.05) is 26.7 Å². The molecule has 1 aromatic carbocycles. The van der Waals surface area contributed by atoms with Crippen LogP contribution in [0.15, 0.2) is 18.2 Å². The second kappa shape index (κ2) is 6.97. The Morgan fingerprint density at radius 2 is 2.13 bits per heavy atom. The monoisotopic (exact) mass is 334 g/mol. The van der Waals surface area contributed by atoms with E-state index in [1.54, 1.807) is 6.07 Å². The third kappa shape index (κ3) is 3.26. The van der Waals surface area contributed by atoms with Gasteiger partial charge in [-0.05, 0) is 63.4 Å². The quantitative estimate of drug-likeness (QED) is 0.922. The van der Waals surface area contributed by atoms with E-state index < -0.39 is 0 Å². The van der Waals surface area contributed by atoms with E-state index in [1.165, 1.54) is 23.8 Å². The molecule has 0 aliphatic carbocycles. The zero-order valence-corrected chi connectivity index (χ0v) is 14.5. The number of fused-ring (bicyclic) bond motifs is 1. The molecular formula is C18H23FN2OS. The van der Waals surface area contributed by atoms with Crippen molar-refractivity contribution in [3.05, 3.63) is 34.5 Å². The number of carbonyl (C=O) groups excluding carboxylic acids is 1. The molecule has 0 unspecified atom stereocenters. The maximum Gasteiger partial charge on any atom is 0.264 e. The molecular weight excluding hydrogens is 311 g/mol. The van der Waals surface area contributed by atoms with Crippen molar-refractivity contribution in [1.82, 2.24) is 10.2 Å². The molecule has 2 heterocycles. The van der Waals surface area contributed by atoms with E-state index in [2.05, 4.69) is 5.32 Å². The Morgan fingerprint density at radius 1 is 1.39 bits per heavy atom. The predicted molar refractivity (Wildman–Crippen MR) is 93.7 cm³/mol. The molecule has 0 spiro atoms. The third-order valence-electron chi connectivity index (χ3n) is 4.80. The van der Waals surface area contributed by atoms with Gasteiger partial charge in [-0.2, -0.15) is 0 Å². The van der Waals surface area contributed by atoms with Crippen molar-refractivity contribution in [3.8, 4) is 0 Å². The number of aryl methyl sites for hydroxylation is 1. The highest BCUT2D eigenvalue weighted by Gasteiger charge is 2.26. The molecule has 23 heavy (non-hydrogen) atoms. The topological polar surface area (TPSA) is 32.3 Å². The number of hydrogen-bond donors (Lipinski definition) is 1. The number of rotatable bonds is 4. The number of hydrogen-bond acceptors (Lipinski definition) is 3. The second-order valence-electron chi connectivity index (χ2n) is 6.30. The fraction of sp³-hybridized carbons (Fsp3) is 0.500. The Morgan fingerprint density at radius 3 is 2.78 bits per heavy atom. The number of amides is 1. The lowest BCUT2D eigenvalue weighted by atomic mass is 9.93. The first-order valence-electron chi connectivity index (χ1n) is 8.23. The third-order valence-corrected chi connectivity index (χ3v) is 6.05. The lowest BCUT2D eigenvalue weighted by Gasteiger charge is -2.32. The van der Waals surface area contributed by atoms with E-state index in [0.717, 1.165) is 42.7 Å². The fourth-order valence-electron chi connectivity index (χ4n) is 3.37. The van der Waals surface area contributed by atoms with Crippen LogP contribution < -0.4 is 5.32 Å². The van der Waals surface area contributed by atoms with Crippen LogP contribution in [0.1, 0.15) is 34.5 Å². The van der Waals surface area contributed by atoms with Gasteiger partial charge in [-0.15, -0.1) is 11.3 Å². The molecule has 0 saturated carbocycles. The van der Waals surface area contributed by atoms with E-state index in [0.29, 0.717) is 16.2 Å². The number of benzene rings is 1. The number of carbonyl (C=O) groups is 1. The van der Waals surface area contributed by atoms with Crippen molar-refractivity contribution >= 4 is 27.3 Å². The summed E-state index contributed by atoms with van der Waals surface area (Å²) in [5.74, 6) is 0.531. The largest absolute Gasteiger partial charge is 0.338 e. The molecule has 5 heteroatoms. The molecule has 1 saturated heterocycles. The summed E-state index contributed by atoms with van der Waals surface area (Å²) in [6, 6.07) is 5.05. The average Bonchev–Trinajstić information content (AvgIpc) is 2.91. The van der Waals surface area contributed by atoms with Crippen LogP contribution in [0.5, 0.6) is 0 Å². The highest BCUT2D eigenvalue weighted by Crippen LogP contribution is 2.34. The van der Waals surface area contributed by atoms with Gasteiger partial charge in [0, 0.05) is 23.2 Å². The molecule has 3 nitrogen and oxygen atoms in total. The van der Waals surface area contributed by atoms with E-state index in [-0.39, 0.29) is 11.7 Å². The highest BCUT2D eigenvalue weighted by molar-refractivity contribution is 7.21. The van der Waals surface area contributed by atoms with Crippen molar-refractivity contribution in [1.29, 1.82) is 0 Å². The summed E-state index contributed by atoms with van der Waals surface area (Å²) in [6.45, 7) is 4.51. The van der Waals surface area contributed by atoms with Gasteiger partial charge in [0.25, 0.3) is 5.91 Å². The Bertz CT molecular complexity index is 704. The highest BCUT2D eigenvalue weighted by atomic mass is 32.1. The van der Waals surface area contributed by atoms with Crippen LogP contribution in [-0.4, -0.2) is 37.5 Å². The molecule has 1 N–H and O–H groups in total. The minimum Gasteiger partial charge on any atom is -0.338 e. The molecule has 1 amide bonds. The second-order valence-corrected chi connectivity index (χ2v) is 7.35. The fourth-order valence-corrected chi connectivity index (χ4v) is 4.56. The summed E-state index contributed by atoms with van der Waals surface area (Å²) < 4.78 is 14.9. The van der Waals surface area contributed by atoms with Gasteiger partial charge in [0.2, 0.25) is 0 Å². The van der Waals surface area contributed by atoms with Gasteiger partial charge < -0.3 is 10.2 Å². The van der Waals surface area contributed by atoms with Crippen LogP contribution in [0.25, 0.3) is 10.1 Å². The zero-order valence-electron chi connectivity index (χ0n) is 13.7. The minimum absolute atomic E-state index is 0.0650. The standard InChI is InChI=1S/C18H23FN2OS/c1-12-16-14(19)4-3-5-15(16)23-17(12)18(22)21-10-7-13(8-11-21)6-9-20-2/h3-5,13,20H,6-11H2,1-2H3. The first-order chi connectivity index (χ1) is 11.1. The number of thiophene rings is 1. The lowest BCUT2D eigenvalue weighted by Crippen LogP contribution is -2.38. The van der Waals surface area contributed by atoms with E-state index in [4.69, 9.17) is 0 Å². The minimum atomic E-state index is -0.235. The Balaban J connectivity index is 1.74. The van der Waals surface area contributed by atoms with E-state index in [9.17, 15) is 9.18 Å². The molecule has 1 aromatic heterocycles. The smallest absolute Gasteiger partial charge is 0.264 e. The van der Waals surface area contributed by atoms with Crippen LogP contribution in [0.2, 0.25) is 0 Å². The number of halogens is 1. The maximum atomic E-state index is 14.0. The first kappa shape index (κ1) is 16.4. The summed E-state index contributed by atoms with van der Waals surface area (Å²) in [6.07, 6.45) is 3.29. The van der Waals surface area contributed by atoms with Crippen molar-refractivity contribution in [2.45, 2.75) is 26.2 Å². The van der Waals surface area contributed by atoms with Gasteiger partial charge in [0.1, 0.15) is 5.82 Å². The van der Waals surface area contributed by atoms with Crippen molar-refractivity contribution < 1.29 is 9.18 Å². The van der Waals surface area contributed by atoms with Crippen LogP contribution in [0.4, 0.5) is 4.39 Å². The van der Waals surface area contributed by atoms with Gasteiger partial charge >= 0.3 is 0 Å². The molecule has 0 bridgehead atoms. The molecule has 3 rings (SSSR count). The summed E-state index contributed by atoms with van der Waals surface area (Å²) in [5.41, 5.74) is 0.783. The normalized spacial score (nSPS) is 16.2. The van der Waals surface area contributed by atoms with Gasteiger partial charge in [0.05, 0.1) is 4.88 Å². The summed E-state index contributed by atoms with van der Waals surface area (Å²) in [4.78, 5) is 15.5. The maximum absolute atomic E-state index is 14.0. The Labute approximate surface area is 140 Å². The van der Waals surface area contributed by atoms with Crippen molar-refractivity contribution in [3.63, 3.8) is 0 Å². The summed E-state index contributed by atoms with van der Waals surface area (Å²) >= 11 is 1.41. The van der Waals surface area contributed by atoms with E-state index in [1.807, 2.05) is 24.9 Å². The number of nitrogens with zero attached hydrogens (tertiary/aromatic N) is 1. The van der Waals surface area contributed by atoms with Gasteiger partial charge in [-0.3, -0.25) is 4.79 Å². The van der Waals surface area contributed by atoms with Gasteiger partial charge in [0.15, 0.2) is 0 Å². The van der Waals surface area contributed by atoms with Crippen LogP contribution >= 0.6 is 11.3 Å². The molecule has 1 aliphatic rings. The molecule has 0 radical (unpaired) electrons. The summed E-state index contributed by atoms with van der Waals surface area (Å²) in [7, 11) is 1.97. The molecule has 1 aliphatic heterocycles. The van der Waals surface area contributed by atoms with Crippen molar-refractivity contribution in [2.24, 2.45) is 5.92 Å². The van der Waals surface area contributed by atoms with Gasteiger partial charge in [-0.25, -0.2) is 4.39 Å². The molecule has 1 fully saturated rings. The van der Waals surface area contributed by atoms with Gasteiger partial charge in [-0.1, -0.05) is 6.07 Å². The first-order valence-corrected chi connectivity index (χ1v) is 9.05. The lowest BCUT2D eigenvalue weighted by molar-refractivity contribution is 0.0691. The van der Waals surface area contributed by atoms with Crippen LogP contribution in [-0.2, 0) is 0 Å². The molecule has 0 atom stereocenters. The Hall–Kier alpha value is -1.46. The average molecular weight is 334 g/mol. The SMILES string of the molecule is CNCCC1CCN(C(=O)c2sc3cccc(F)c3c2C)CC1. The number of piperidine rings is 1. The van der Waals surface area contributed by atoms with E-state index >= 15 is 0 Å². The molecule has 124 valence electrons. The number of likely N-dealkylation sites (tertiary alicyclic amines) is 1. The number of nitrogens with one attached hydrogen (secondary N) is 1. The van der Waals surface area contributed by atoms with Crippen LogP contribution in [0.3, 0.4) is 0 Å². The van der Waals surface area contributed by atoms with Crippen LogP contribution in [0, 0.1) is 18.7 Å².